The van der Waals surface area contributed by atoms with Crippen molar-refractivity contribution in [3.63, 3.8) is 0 Å². The fraction of sp³-hybridized carbons (Fsp3) is 0.346. The summed E-state index contributed by atoms with van der Waals surface area (Å²) < 4.78 is 37.5. The molecule has 4 aromatic heterocycles. The maximum atomic E-state index is 11.7. The standard InChI is InChI=1S/C26H28N6O4S/c1-16-8-22(24(13-27-16)36-19-9-17-14-35-15-18(10-19)29-17)21-4-3-7-32-23(21)11-26(31-32)30-25-6-5-20(12-28-25)37(2,33)34/h3-8,11-13,17-19,29H,9-10,14-15H2,1-2H3,(H,28,30,31). The molecule has 2 bridgehead atoms. The molecule has 37 heavy (non-hydrogen) atoms. The number of hydrogen-bond donors (Lipinski definition) is 2. The predicted octanol–water partition coefficient (Wildman–Crippen LogP) is 3.15. The summed E-state index contributed by atoms with van der Waals surface area (Å²) in [7, 11) is -3.31. The van der Waals surface area contributed by atoms with E-state index in [2.05, 4.69) is 25.7 Å². The third kappa shape index (κ3) is 5.02. The Labute approximate surface area is 215 Å². The first kappa shape index (κ1) is 23.8. The van der Waals surface area contributed by atoms with Gasteiger partial charge in [-0.3, -0.25) is 4.98 Å². The van der Waals surface area contributed by atoms with E-state index in [-0.39, 0.29) is 11.0 Å². The summed E-state index contributed by atoms with van der Waals surface area (Å²) in [6.07, 6.45) is 8.05. The Balaban J connectivity index is 1.31. The van der Waals surface area contributed by atoms with Gasteiger partial charge in [0.1, 0.15) is 17.7 Å². The molecule has 11 heteroatoms. The number of piperidine rings is 1. The van der Waals surface area contributed by atoms with Crippen molar-refractivity contribution >= 4 is 27.0 Å². The second-order valence-electron chi connectivity index (χ2n) is 9.69. The van der Waals surface area contributed by atoms with E-state index in [0.29, 0.717) is 36.9 Å². The Morgan fingerprint density at radius 3 is 2.59 bits per heavy atom. The maximum absolute atomic E-state index is 11.7. The molecule has 0 aliphatic carbocycles. The molecule has 6 heterocycles. The number of sulfone groups is 1. The summed E-state index contributed by atoms with van der Waals surface area (Å²) in [5.74, 6) is 1.84. The first-order valence-corrected chi connectivity index (χ1v) is 14.1. The van der Waals surface area contributed by atoms with E-state index in [0.717, 1.165) is 47.2 Å². The number of pyridine rings is 3. The molecule has 2 fully saturated rings. The number of fused-ring (bicyclic) bond motifs is 3. The van der Waals surface area contributed by atoms with Crippen LogP contribution in [-0.4, -0.2) is 65.7 Å². The van der Waals surface area contributed by atoms with Crippen molar-refractivity contribution < 1.29 is 17.9 Å². The summed E-state index contributed by atoms with van der Waals surface area (Å²) >= 11 is 0. The topological polar surface area (TPSA) is 120 Å². The van der Waals surface area contributed by atoms with Gasteiger partial charge in [0.05, 0.1) is 29.8 Å². The molecular weight excluding hydrogens is 492 g/mol. The Hall–Kier alpha value is -3.54. The quantitative estimate of drug-likeness (QED) is 0.395. The van der Waals surface area contributed by atoms with Crippen LogP contribution in [0.1, 0.15) is 18.5 Å². The van der Waals surface area contributed by atoms with Gasteiger partial charge in [0.15, 0.2) is 15.7 Å². The molecule has 2 N–H and O–H groups in total. The zero-order chi connectivity index (χ0) is 25.6. The van der Waals surface area contributed by atoms with Crippen molar-refractivity contribution in [1.82, 2.24) is 24.9 Å². The number of anilines is 2. The number of aromatic nitrogens is 4. The highest BCUT2D eigenvalue weighted by molar-refractivity contribution is 7.90. The molecule has 10 nitrogen and oxygen atoms in total. The molecule has 2 aliphatic rings. The summed E-state index contributed by atoms with van der Waals surface area (Å²) in [6, 6.07) is 11.7. The molecule has 2 saturated heterocycles. The molecule has 192 valence electrons. The third-order valence-corrected chi connectivity index (χ3v) is 7.81. The van der Waals surface area contributed by atoms with Gasteiger partial charge in [-0.1, -0.05) is 6.07 Å². The van der Waals surface area contributed by atoms with Crippen LogP contribution in [0.5, 0.6) is 5.75 Å². The van der Waals surface area contributed by atoms with Gasteiger partial charge in [-0.25, -0.2) is 17.9 Å². The van der Waals surface area contributed by atoms with Gasteiger partial charge in [-0.15, -0.1) is 0 Å². The highest BCUT2D eigenvalue weighted by atomic mass is 32.2. The summed E-state index contributed by atoms with van der Waals surface area (Å²) in [4.78, 5) is 8.91. The Morgan fingerprint density at radius 2 is 1.86 bits per heavy atom. The molecular formula is C26H28N6O4S. The highest BCUT2D eigenvalue weighted by Crippen LogP contribution is 2.36. The molecule has 0 radical (unpaired) electrons. The average molecular weight is 521 g/mol. The monoisotopic (exact) mass is 520 g/mol. The van der Waals surface area contributed by atoms with E-state index < -0.39 is 9.84 Å². The van der Waals surface area contributed by atoms with Crippen molar-refractivity contribution in [2.24, 2.45) is 0 Å². The number of nitrogens with one attached hydrogen (secondary N) is 2. The molecule has 0 spiro atoms. The van der Waals surface area contributed by atoms with E-state index in [1.54, 1.807) is 10.6 Å². The SMILES string of the molecule is Cc1cc(-c2cccn3nc(Nc4ccc(S(C)(=O)=O)cn4)cc23)c(OC2CC3COCC(C2)N3)cn1. The van der Waals surface area contributed by atoms with Crippen LogP contribution in [0.25, 0.3) is 16.6 Å². The van der Waals surface area contributed by atoms with Gasteiger partial charge in [-0.2, -0.15) is 5.10 Å². The average Bonchev–Trinajstić information content (AvgIpc) is 3.27. The second-order valence-corrected chi connectivity index (χ2v) is 11.7. The minimum atomic E-state index is -3.31. The molecule has 0 aromatic carbocycles. The normalized spacial score (nSPS) is 21.6. The van der Waals surface area contributed by atoms with Gasteiger partial charge in [0.2, 0.25) is 0 Å². The Kier molecular flexibility index (Phi) is 6.06. The van der Waals surface area contributed by atoms with Crippen molar-refractivity contribution in [2.45, 2.75) is 42.8 Å². The van der Waals surface area contributed by atoms with Crippen molar-refractivity contribution in [1.29, 1.82) is 0 Å². The molecule has 2 unspecified atom stereocenters. The summed E-state index contributed by atoms with van der Waals surface area (Å²) in [6.45, 7) is 3.40. The number of nitrogens with zero attached hydrogens (tertiary/aromatic N) is 4. The Morgan fingerprint density at radius 1 is 1.05 bits per heavy atom. The van der Waals surface area contributed by atoms with Crippen LogP contribution in [-0.2, 0) is 14.6 Å². The minimum Gasteiger partial charge on any atom is -0.488 e. The molecule has 2 atom stereocenters. The number of aryl methyl sites for hydroxylation is 1. The van der Waals surface area contributed by atoms with Gasteiger partial charge in [0, 0.05) is 66.5 Å². The van der Waals surface area contributed by atoms with Crippen LogP contribution < -0.4 is 15.4 Å². The second kappa shape index (κ2) is 9.40. The largest absolute Gasteiger partial charge is 0.488 e. The van der Waals surface area contributed by atoms with E-state index in [1.807, 2.05) is 43.6 Å². The Bertz CT molecular complexity index is 1540. The summed E-state index contributed by atoms with van der Waals surface area (Å²) in [5, 5.41) is 11.4. The van der Waals surface area contributed by atoms with Crippen LogP contribution in [0.3, 0.4) is 0 Å². The number of morpholine rings is 1. The van der Waals surface area contributed by atoms with Crippen molar-refractivity contribution in [2.75, 3.05) is 24.8 Å². The number of ether oxygens (including phenoxy) is 2. The number of hydrogen-bond acceptors (Lipinski definition) is 9. The van der Waals surface area contributed by atoms with Crippen LogP contribution in [0.4, 0.5) is 11.6 Å². The summed E-state index contributed by atoms with van der Waals surface area (Å²) in [5.41, 5.74) is 3.72. The zero-order valence-corrected chi connectivity index (χ0v) is 21.4. The van der Waals surface area contributed by atoms with Gasteiger partial charge in [0.25, 0.3) is 0 Å². The fourth-order valence-electron chi connectivity index (χ4n) is 5.02. The minimum absolute atomic E-state index is 0.0891. The molecule has 0 saturated carbocycles. The molecule has 0 amide bonds. The lowest BCUT2D eigenvalue weighted by Gasteiger charge is -2.40. The van der Waals surface area contributed by atoms with E-state index in [9.17, 15) is 8.42 Å². The lowest BCUT2D eigenvalue weighted by atomic mass is 9.94. The smallest absolute Gasteiger partial charge is 0.177 e. The third-order valence-electron chi connectivity index (χ3n) is 6.71. The first-order valence-electron chi connectivity index (χ1n) is 12.2. The van der Waals surface area contributed by atoms with Crippen LogP contribution >= 0.6 is 0 Å². The van der Waals surface area contributed by atoms with Gasteiger partial charge in [-0.05, 0) is 31.2 Å². The lowest BCUT2D eigenvalue weighted by molar-refractivity contribution is -0.0122. The van der Waals surface area contributed by atoms with Gasteiger partial charge < -0.3 is 20.1 Å². The predicted molar refractivity (Wildman–Crippen MR) is 139 cm³/mol. The van der Waals surface area contributed by atoms with Crippen LogP contribution in [0, 0.1) is 6.92 Å². The van der Waals surface area contributed by atoms with Crippen molar-refractivity contribution in [3.05, 3.63) is 60.7 Å². The van der Waals surface area contributed by atoms with E-state index in [1.165, 1.54) is 12.3 Å². The van der Waals surface area contributed by atoms with Crippen LogP contribution in [0.2, 0.25) is 0 Å². The maximum Gasteiger partial charge on any atom is 0.177 e. The molecule has 4 aromatic rings. The fourth-order valence-corrected chi connectivity index (χ4v) is 5.58. The van der Waals surface area contributed by atoms with E-state index >= 15 is 0 Å². The number of rotatable bonds is 6. The molecule has 6 rings (SSSR count). The highest BCUT2D eigenvalue weighted by Gasteiger charge is 2.33. The zero-order valence-electron chi connectivity index (χ0n) is 20.6. The van der Waals surface area contributed by atoms with Crippen LogP contribution in [0.15, 0.2) is 59.9 Å². The van der Waals surface area contributed by atoms with Gasteiger partial charge >= 0.3 is 0 Å². The first-order chi connectivity index (χ1) is 17.8. The van der Waals surface area contributed by atoms with Crippen molar-refractivity contribution in [3.8, 4) is 16.9 Å². The lowest BCUT2D eigenvalue weighted by Crippen LogP contribution is -2.56. The van der Waals surface area contributed by atoms with E-state index in [4.69, 9.17) is 9.47 Å². The molecule has 2 aliphatic heterocycles.